The van der Waals surface area contributed by atoms with Gasteiger partial charge < -0.3 is 15.7 Å². The Hall–Kier alpha value is -1.95. The van der Waals surface area contributed by atoms with Crippen LogP contribution in [0.4, 0.5) is 0 Å². The van der Waals surface area contributed by atoms with Crippen LogP contribution in [0.25, 0.3) is 0 Å². The molecule has 2 heterocycles. The highest BCUT2D eigenvalue weighted by Crippen LogP contribution is 2.50. The number of nitrogens with zero attached hydrogens (tertiary/aromatic N) is 1. The van der Waals surface area contributed by atoms with Crippen molar-refractivity contribution in [2.75, 3.05) is 13.1 Å². The Bertz CT molecular complexity index is 788. The smallest absolute Gasteiger partial charge is 0.270 e. The number of rotatable bonds is 2. The fourth-order valence-corrected chi connectivity index (χ4v) is 4.30. The van der Waals surface area contributed by atoms with Crippen LogP contribution < -0.4 is 10.6 Å². The Labute approximate surface area is 151 Å². The first kappa shape index (κ1) is 16.5. The normalized spacial score (nSPS) is 24.1. The highest BCUT2D eigenvalue weighted by atomic mass is 35.5. The molecule has 2 aliphatic rings. The molecule has 4 rings (SSSR count). The first-order valence-corrected chi connectivity index (χ1v) is 8.90. The van der Waals surface area contributed by atoms with Crippen molar-refractivity contribution in [1.29, 1.82) is 0 Å². The third-order valence-electron chi connectivity index (χ3n) is 5.46. The minimum atomic E-state index is -0.650. The van der Waals surface area contributed by atoms with Crippen LogP contribution in [0, 0.1) is 0 Å². The lowest BCUT2D eigenvalue weighted by atomic mass is 9.72. The van der Waals surface area contributed by atoms with Crippen LogP contribution in [-0.4, -0.2) is 35.2 Å². The number of carbonyl (C=O) groups is 1. The standard InChI is InChI=1S/C19H20ClN3O2/c20-12-5-6-15(22-11-12)18(25)23-16-13-3-1-2-4-14(13)19(17(16)24)7-9-21-10-8-19/h1-6,11,16-17,21,24H,7-10H2,(H,23,25)/t16-,17+/m1/s1. The summed E-state index contributed by atoms with van der Waals surface area (Å²) >= 11 is 5.83. The van der Waals surface area contributed by atoms with Gasteiger partial charge in [0.1, 0.15) is 5.69 Å². The number of amides is 1. The number of aliphatic hydroxyl groups is 1. The number of benzene rings is 1. The van der Waals surface area contributed by atoms with Crippen LogP contribution in [0.1, 0.15) is 40.5 Å². The van der Waals surface area contributed by atoms with E-state index in [1.54, 1.807) is 12.1 Å². The first-order valence-electron chi connectivity index (χ1n) is 8.52. The Morgan fingerprint density at radius 1 is 1.24 bits per heavy atom. The number of aromatic nitrogens is 1. The fraction of sp³-hybridized carbons (Fsp3) is 0.368. The van der Waals surface area contributed by atoms with E-state index < -0.39 is 12.1 Å². The van der Waals surface area contributed by atoms with Crippen LogP contribution in [0.3, 0.4) is 0 Å². The molecule has 3 N–H and O–H groups in total. The zero-order valence-electron chi connectivity index (χ0n) is 13.7. The Morgan fingerprint density at radius 2 is 2.00 bits per heavy atom. The minimum absolute atomic E-state index is 0.292. The molecule has 5 nitrogen and oxygen atoms in total. The van der Waals surface area contributed by atoms with Crippen LogP contribution in [0.2, 0.25) is 5.02 Å². The molecule has 1 aromatic carbocycles. The molecule has 0 bridgehead atoms. The van der Waals surface area contributed by atoms with Gasteiger partial charge in [0.25, 0.3) is 5.91 Å². The van der Waals surface area contributed by atoms with Gasteiger partial charge in [-0.1, -0.05) is 35.9 Å². The molecule has 1 saturated heterocycles. The number of nitrogens with one attached hydrogen (secondary N) is 2. The average molecular weight is 358 g/mol. The fourth-order valence-electron chi connectivity index (χ4n) is 4.19. The van der Waals surface area contributed by atoms with Gasteiger partial charge in [0.2, 0.25) is 0 Å². The van der Waals surface area contributed by atoms with Gasteiger partial charge in [-0.3, -0.25) is 4.79 Å². The number of aliphatic hydroxyl groups excluding tert-OH is 1. The molecule has 25 heavy (non-hydrogen) atoms. The van der Waals surface area contributed by atoms with Crippen LogP contribution in [0.15, 0.2) is 42.6 Å². The van der Waals surface area contributed by atoms with E-state index in [2.05, 4.69) is 21.7 Å². The molecule has 0 saturated carbocycles. The van der Waals surface area contributed by atoms with Crippen molar-refractivity contribution in [3.05, 3.63) is 64.4 Å². The van der Waals surface area contributed by atoms with E-state index in [0.29, 0.717) is 10.7 Å². The van der Waals surface area contributed by atoms with Crippen LogP contribution >= 0.6 is 11.6 Å². The van der Waals surface area contributed by atoms with Crippen molar-refractivity contribution in [1.82, 2.24) is 15.6 Å². The van der Waals surface area contributed by atoms with Gasteiger partial charge in [-0.05, 0) is 49.2 Å². The summed E-state index contributed by atoms with van der Waals surface area (Å²) in [4.78, 5) is 16.7. The van der Waals surface area contributed by atoms with Gasteiger partial charge in [0.15, 0.2) is 0 Å². The van der Waals surface area contributed by atoms with Gasteiger partial charge in [0, 0.05) is 11.6 Å². The van der Waals surface area contributed by atoms with E-state index in [1.807, 2.05) is 18.2 Å². The maximum atomic E-state index is 12.6. The van der Waals surface area contributed by atoms with Crippen molar-refractivity contribution < 1.29 is 9.90 Å². The third kappa shape index (κ3) is 2.72. The van der Waals surface area contributed by atoms with Crippen molar-refractivity contribution in [3.63, 3.8) is 0 Å². The summed E-state index contributed by atoms with van der Waals surface area (Å²) < 4.78 is 0. The van der Waals surface area contributed by atoms with Gasteiger partial charge in [-0.15, -0.1) is 0 Å². The summed E-state index contributed by atoms with van der Waals surface area (Å²) in [6, 6.07) is 10.8. The zero-order chi connectivity index (χ0) is 17.4. The van der Waals surface area contributed by atoms with Gasteiger partial charge in [-0.2, -0.15) is 0 Å². The maximum Gasteiger partial charge on any atom is 0.270 e. The second-order valence-electron chi connectivity index (χ2n) is 6.75. The molecule has 1 aromatic heterocycles. The summed E-state index contributed by atoms with van der Waals surface area (Å²) in [6.45, 7) is 1.73. The molecule has 1 aliphatic carbocycles. The molecule has 130 valence electrons. The van der Waals surface area contributed by atoms with Crippen molar-refractivity contribution in [2.45, 2.75) is 30.4 Å². The number of hydrogen-bond donors (Lipinski definition) is 3. The van der Waals surface area contributed by atoms with Crippen molar-refractivity contribution in [3.8, 4) is 0 Å². The SMILES string of the molecule is O=C(N[C@@H]1c2ccccc2C2(CCNCC2)[C@H]1O)c1ccc(Cl)cn1. The molecule has 1 amide bonds. The van der Waals surface area contributed by atoms with E-state index in [4.69, 9.17) is 11.6 Å². The lowest BCUT2D eigenvalue weighted by molar-refractivity contribution is 0.0417. The first-order chi connectivity index (χ1) is 12.1. The molecule has 6 heteroatoms. The van der Waals surface area contributed by atoms with Gasteiger partial charge in [-0.25, -0.2) is 4.98 Å². The minimum Gasteiger partial charge on any atom is -0.390 e. The summed E-state index contributed by atoms with van der Waals surface area (Å²) in [7, 11) is 0. The second kappa shape index (κ2) is 6.41. The molecule has 1 fully saturated rings. The van der Waals surface area contributed by atoms with E-state index in [9.17, 15) is 9.90 Å². The summed E-state index contributed by atoms with van der Waals surface area (Å²) in [5.41, 5.74) is 2.14. The quantitative estimate of drug-likeness (QED) is 0.770. The Morgan fingerprint density at radius 3 is 2.72 bits per heavy atom. The molecule has 1 aliphatic heterocycles. The third-order valence-corrected chi connectivity index (χ3v) is 5.68. The molecule has 2 atom stereocenters. The highest BCUT2D eigenvalue weighted by molar-refractivity contribution is 6.30. The Kier molecular flexibility index (Phi) is 4.23. The van der Waals surface area contributed by atoms with E-state index in [-0.39, 0.29) is 11.3 Å². The summed E-state index contributed by atoms with van der Waals surface area (Å²) in [5.74, 6) is -0.304. The maximum absolute atomic E-state index is 12.6. The molecule has 2 aromatic rings. The molecular weight excluding hydrogens is 338 g/mol. The summed E-state index contributed by atoms with van der Waals surface area (Å²) in [5, 5.41) is 18.0. The lowest BCUT2D eigenvalue weighted by Crippen LogP contribution is -2.48. The van der Waals surface area contributed by atoms with Crippen molar-refractivity contribution in [2.24, 2.45) is 0 Å². The van der Waals surface area contributed by atoms with Gasteiger partial charge >= 0.3 is 0 Å². The van der Waals surface area contributed by atoms with E-state index >= 15 is 0 Å². The predicted molar refractivity (Wildman–Crippen MR) is 95.7 cm³/mol. The number of pyridine rings is 1. The largest absolute Gasteiger partial charge is 0.390 e. The average Bonchev–Trinajstić information content (AvgIpc) is 2.86. The number of piperidine rings is 1. The number of hydrogen-bond acceptors (Lipinski definition) is 4. The number of fused-ring (bicyclic) bond motifs is 2. The zero-order valence-corrected chi connectivity index (χ0v) is 14.5. The summed E-state index contributed by atoms with van der Waals surface area (Å²) in [6.07, 6.45) is 2.51. The number of carbonyl (C=O) groups excluding carboxylic acids is 1. The monoisotopic (exact) mass is 357 g/mol. The van der Waals surface area contributed by atoms with Crippen molar-refractivity contribution >= 4 is 17.5 Å². The molecule has 1 spiro atoms. The Balaban J connectivity index is 1.66. The van der Waals surface area contributed by atoms with E-state index in [1.165, 1.54) is 6.20 Å². The van der Waals surface area contributed by atoms with Crippen LogP contribution in [0.5, 0.6) is 0 Å². The molecular formula is C19H20ClN3O2. The predicted octanol–water partition coefficient (Wildman–Crippen LogP) is 2.20. The molecule has 0 unspecified atom stereocenters. The second-order valence-corrected chi connectivity index (χ2v) is 7.19. The van der Waals surface area contributed by atoms with E-state index in [0.717, 1.165) is 37.1 Å². The lowest BCUT2D eigenvalue weighted by Gasteiger charge is -2.38. The topological polar surface area (TPSA) is 74.2 Å². The molecule has 0 radical (unpaired) electrons. The highest BCUT2D eigenvalue weighted by Gasteiger charge is 2.52. The van der Waals surface area contributed by atoms with Crippen LogP contribution in [-0.2, 0) is 5.41 Å². The number of halogens is 1. The van der Waals surface area contributed by atoms with Gasteiger partial charge in [0.05, 0.1) is 17.2 Å².